The van der Waals surface area contributed by atoms with Crippen LogP contribution in [-0.2, 0) is 9.63 Å². The van der Waals surface area contributed by atoms with Crippen molar-refractivity contribution in [1.29, 1.82) is 0 Å². The van der Waals surface area contributed by atoms with E-state index >= 15 is 0 Å². The van der Waals surface area contributed by atoms with Crippen LogP contribution in [0.5, 0.6) is 0 Å². The van der Waals surface area contributed by atoms with Crippen molar-refractivity contribution in [3.05, 3.63) is 34.3 Å². The number of carbonyl (C=O) groups excluding carboxylic acids is 1. The first-order chi connectivity index (χ1) is 9.79. The molecule has 0 spiro atoms. The van der Waals surface area contributed by atoms with E-state index in [2.05, 4.69) is 26.2 Å². The second-order valence-corrected chi connectivity index (χ2v) is 6.52. The molecule has 0 saturated heterocycles. The Morgan fingerprint density at radius 2 is 2.24 bits per heavy atom. The molecule has 2 rings (SSSR count). The van der Waals surface area contributed by atoms with Gasteiger partial charge in [-0.05, 0) is 32.9 Å². The van der Waals surface area contributed by atoms with Gasteiger partial charge in [-0.15, -0.1) is 0 Å². The molecule has 0 radical (unpaired) electrons. The molecule has 5 nitrogen and oxygen atoms in total. The van der Waals surface area contributed by atoms with Crippen LogP contribution in [0.25, 0.3) is 0 Å². The largest absolute Gasteiger partial charge is 0.354 e. The third-order valence-electron chi connectivity index (χ3n) is 3.00. The van der Waals surface area contributed by atoms with Crippen molar-refractivity contribution < 1.29 is 9.63 Å². The van der Waals surface area contributed by atoms with Crippen molar-refractivity contribution in [1.82, 2.24) is 10.4 Å². The molecule has 0 aliphatic carbocycles. The molecule has 1 aliphatic heterocycles. The van der Waals surface area contributed by atoms with Gasteiger partial charge in [0.1, 0.15) is 0 Å². The summed E-state index contributed by atoms with van der Waals surface area (Å²) in [5.74, 6) is 0.649. The van der Waals surface area contributed by atoms with E-state index in [1.54, 1.807) is 12.1 Å². The van der Waals surface area contributed by atoms with E-state index in [0.29, 0.717) is 0 Å². The molecular formula is C15H20BrN3O2. The van der Waals surface area contributed by atoms with Crippen molar-refractivity contribution in [2.24, 2.45) is 4.99 Å². The van der Waals surface area contributed by atoms with Gasteiger partial charge in [-0.25, -0.2) is 14.9 Å². The monoisotopic (exact) mass is 353 g/mol. The normalized spacial score (nSPS) is 21.6. The molecule has 1 N–H and O–H groups in total. The fourth-order valence-electron chi connectivity index (χ4n) is 2.27. The summed E-state index contributed by atoms with van der Waals surface area (Å²) in [6.45, 7) is 5.67. The molecule has 1 aromatic rings. The zero-order chi connectivity index (χ0) is 15.6. The summed E-state index contributed by atoms with van der Waals surface area (Å²) in [7, 11) is 1.80. The zero-order valence-corrected chi connectivity index (χ0v) is 14.3. The second-order valence-electron chi connectivity index (χ2n) is 5.61. The lowest BCUT2D eigenvalue weighted by Gasteiger charge is -2.22. The molecule has 1 amide bonds. The number of halogens is 1. The molecule has 0 saturated carbocycles. The number of nitrogens with one attached hydrogen (secondary N) is 1. The number of hydrogen-bond acceptors (Lipinski definition) is 4. The number of hydrogen-bond donors (Lipinski definition) is 1. The Labute approximate surface area is 133 Å². The third-order valence-corrected chi connectivity index (χ3v) is 3.49. The average Bonchev–Trinajstić information content (AvgIpc) is 2.63. The first-order valence-corrected chi connectivity index (χ1v) is 7.66. The first kappa shape index (κ1) is 16.0. The number of rotatable bonds is 4. The zero-order valence-electron chi connectivity index (χ0n) is 12.7. The van der Waals surface area contributed by atoms with Gasteiger partial charge < -0.3 is 5.32 Å². The predicted molar refractivity (Wildman–Crippen MR) is 85.8 cm³/mol. The maximum Gasteiger partial charge on any atom is 0.225 e. The van der Waals surface area contributed by atoms with Crippen molar-refractivity contribution in [3.8, 4) is 0 Å². The minimum absolute atomic E-state index is 0.0693. The van der Waals surface area contributed by atoms with Crippen LogP contribution in [0.3, 0.4) is 0 Å². The minimum Gasteiger partial charge on any atom is -0.354 e. The summed E-state index contributed by atoms with van der Waals surface area (Å²) >= 11 is 3.45. The number of amides is 1. The molecule has 21 heavy (non-hydrogen) atoms. The molecule has 1 atom stereocenters. The van der Waals surface area contributed by atoms with Crippen molar-refractivity contribution in [3.63, 3.8) is 0 Å². The van der Waals surface area contributed by atoms with Gasteiger partial charge in [0, 0.05) is 23.1 Å². The molecule has 1 heterocycles. The molecule has 114 valence electrons. The Bertz CT molecular complexity index is 574. The maximum atomic E-state index is 11.9. The Morgan fingerprint density at radius 1 is 1.52 bits per heavy atom. The minimum atomic E-state index is -0.870. The van der Waals surface area contributed by atoms with Crippen LogP contribution >= 0.6 is 15.9 Å². The van der Waals surface area contributed by atoms with Crippen molar-refractivity contribution in [2.45, 2.75) is 39.0 Å². The van der Waals surface area contributed by atoms with Gasteiger partial charge in [-0.3, -0.25) is 4.79 Å². The van der Waals surface area contributed by atoms with Gasteiger partial charge >= 0.3 is 0 Å². The maximum absolute atomic E-state index is 11.9. The Morgan fingerprint density at radius 3 is 2.86 bits per heavy atom. The van der Waals surface area contributed by atoms with Gasteiger partial charge in [0.15, 0.2) is 11.6 Å². The topological polar surface area (TPSA) is 53.9 Å². The van der Waals surface area contributed by atoms with Gasteiger partial charge in [0.2, 0.25) is 5.91 Å². The van der Waals surface area contributed by atoms with Crippen LogP contribution in [0.15, 0.2) is 33.7 Å². The van der Waals surface area contributed by atoms with Crippen LogP contribution in [0, 0.1) is 0 Å². The molecule has 1 aliphatic rings. The Kier molecular flexibility index (Phi) is 4.68. The smallest absolute Gasteiger partial charge is 0.225 e. The number of carbonyl (C=O) groups is 1. The summed E-state index contributed by atoms with van der Waals surface area (Å²) in [6, 6.07) is 7.93. The molecule has 0 fully saturated rings. The summed E-state index contributed by atoms with van der Waals surface area (Å²) in [4.78, 5) is 22.3. The van der Waals surface area contributed by atoms with E-state index in [1.165, 1.54) is 0 Å². The highest BCUT2D eigenvalue weighted by atomic mass is 79.9. The highest BCUT2D eigenvalue weighted by molar-refractivity contribution is 9.10. The van der Waals surface area contributed by atoms with Crippen LogP contribution in [0.4, 0.5) is 0 Å². The average molecular weight is 354 g/mol. The van der Waals surface area contributed by atoms with Crippen molar-refractivity contribution in [2.75, 3.05) is 7.05 Å². The lowest BCUT2D eigenvalue weighted by atomic mass is 10.1. The summed E-state index contributed by atoms with van der Waals surface area (Å²) in [6.07, 6.45) is 0.188. The molecule has 0 aromatic heterocycles. The van der Waals surface area contributed by atoms with Crippen LogP contribution in [0.1, 0.15) is 32.8 Å². The predicted octanol–water partition coefficient (Wildman–Crippen LogP) is 2.70. The molecule has 1 aromatic carbocycles. The van der Waals surface area contributed by atoms with Crippen molar-refractivity contribution >= 4 is 27.7 Å². The van der Waals surface area contributed by atoms with Crippen LogP contribution in [-0.4, -0.2) is 35.6 Å². The fourth-order valence-corrected chi connectivity index (χ4v) is 2.67. The summed E-state index contributed by atoms with van der Waals surface area (Å²) in [5.41, 5.74) is 0.0747. The Hall–Kier alpha value is -1.40. The number of amidine groups is 1. The molecular weight excluding hydrogens is 334 g/mol. The highest BCUT2D eigenvalue weighted by Gasteiger charge is 2.37. The van der Waals surface area contributed by atoms with Gasteiger partial charge in [-0.1, -0.05) is 28.1 Å². The lowest BCUT2D eigenvalue weighted by Crippen LogP contribution is -2.38. The van der Waals surface area contributed by atoms with Gasteiger partial charge in [-0.2, -0.15) is 0 Å². The van der Waals surface area contributed by atoms with E-state index in [1.807, 2.05) is 45.0 Å². The fraction of sp³-hybridized carbons (Fsp3) is 0.467. The summed E-state index contributed by atoms with van der Waals surface area (Å²) < 4.78 is 0.974. The SMILES string of the molecule is CC(C)NC(=O)CC1(C)N=C(c2cccc(Br)c2)N(C)O1. The van der Waals surface area contributed by atoms with E-state index < -0.39 is 5.72 Å². The lowest BCUT2D eigenvalue weighted by molar-refractivity contribution is -0.166. The highest BCUT2D eigenvalue weighted by Crippen LogP contribution is 2.28. The Balaban J connectivity index is 2.19. The van der Waals surface area contributed by atoms with Gasteiger partial charge in [0.25, 0.3) is 0 Å². The van der Waals surface area contributed by atoms with E-state index in [4.69, 9.17) is 4.84 Å². The quantitative estimate of drug-likeness (QED) is 0.905. The second kappa shape index (κ2) is 6.15. The molecule has 1 unspecified atom stereocenters. The number of nitrogens with zero attached hydrogens (tertiary/aromatic N) is 2. The molecule has 6 heteroatoms. The van der Waals surface area contributed by atoms with E-state index in [-0.39, 0.29) is 18.4 Å². The van der Waals surface area contributed by atoms with Crippen LogP contribution in [0.2, 0.25) is 0 Å². The summed E-state index contributed by atoms with van der Waals surface area (Å²) in [5, 5.41) is 4.47. The number of hydroxylamine groups is 2. The molecule has 0 bridgehead atoms. The third kappa shape index (κ3) is 4.04. The van der Waals surface area contributed by atoms with E-state index in [9.17, 15) is 4.79 Å². The van der Waals surface area contributed by atoms with Crippen LogP contribution < -0.4 is 5.32 Å². The standard InChI is InChI=1S/C15H20BrN3O2/c1-10(2)17-13(20)9-15(3)18-14(19(4)21-15)11-6-5-7-12(16)8-11/h5-8,10H,9H2,1-4H3,(H,17,20). The first-order valence-electron chi connectivity index (χ1n) is 6.87. The van der Waals surface area contributed by atoms with Gasteiger partial charge in [0.05, 0.1) is 6.42 Å². The van der Waals surface area contributed by atoms with E-state index in [0.717, 1.165) is 15.9 Å². The number of aliphatic imine (C=N–C) groups is 1. The number of benzene rings is 1.